The van der Waals surface area contributed by atoms with Crippen molar-refractivity contribution in [2.75, 3.05) is 14.2 Å². The van der Waals surface area contributed by atoms with Crippen LogP contribution in [0.25, 0.3) is 0 Å². The molecule has 0 saturated carbocycles. The third-order valence-electron chi connectivity index (χ3n) is 2.81. The Morgan fingerprint density at radius 3 is 1.88 bits per heavy atom. The van der Waals surface area contributed by atoms with Crippen LogP contribution in [0.1, 0.15) is 25.0 Å². The number of carboxylic acids is 1. The number of methoxy groups -OCH3 is 2. The average molecular weight is 238 g/mol. The highest BCUT2D eigenvalue weighted by molar-refractivity contribution is 5.83. The first-order valence-corrected chi connectivity index (χ1v) is 5.31. The number of aryl methyl sites for hydroxylation is 1. The summed E-state index contributed by atoms with van der Waals surface area (Å²) in [6.45, 7) is 5.17. The van der Waals surface area contributed by atoms with Crippen molar-refractivity contribution >= 4 is 5.97 Å². The van der Waals surface area contributed by atoms with Gasteiger partial charge in [0.2, 0.25) is 0 Å². The molecule has 0 atom stereocenters. The first-order valence-electron chi connectivity index (χ1n) is 5.31. The van der Waals surface area contributed by atoms with Crippen LogP contribution in [0.3, 0.4) is 0 Å². The third kappa shape index (κ3) is 2.35. The molecule has 0 heterocycles. The smallest absolute Gasteiger partial charge is 0.313 e. The molecule has 0 aliphatic carbocycles. The highest BCUT2D eigenvalue weighted by atomic mass is 16.5. The summed E-state index contributed by atoms with van der Waals surface area (Å²) in [6.07, 6.45) is 0. The van der Waals surface area contributed by atoms with Crippen LogP contribution >= 0.6 is 0 Å². The molecule has 4 nitrogen and oxygen atoms in total. The van der Waals surface area contributed by atoms with E-state index in [1.807, 2.05) is 19.1 Å². The molecule has 0 aromatic heterocycles. The summed E-state index contributed by atoms with van der Waals surface area (Å²) in [7, 11) is 3.05. The van der Waals surface area contributed by atoms with Crippen LogP contribution in [-0.2, 0) is 10.2 Å². The lowest BCUT2D eigenvalue weighted by Gasteiger charge is -2.25. The van der Waals surface area contributed by atoms with Crippen LogP contribution in [0.4, 0.5) is 0 Å². The Hall–Kier alpha value is -1.71. The molecule has 0 amide bonds. The van der Waals surface area contributed by atoms with Gasteiger partial charge in [0.1, 0.15) is 11.5 Å². The zero-order valence-corrected chi connectivity index (χ0v) is 10.8. The van der Waals surface area contributed by atoms with Crippen molar-refractivity contribution in [3.8, 4) is 11.5 Å². The predicted octanol–water partition coefficient (Wildman–Crippen LogP) is 2.37. The van der Waals surface area contributed by atoms with Crippen molar-refractivity contribution in [2.24, 2.45) is 0 Å². The van der Waals surface area contributed by atoms with Gasteiger partial charge in [-0.1, -0.05) is 0 Å². The molecule has 0 radical (unpaired) electrons. The summed E-state index contributed by atoms with van der Waals surface area (Å²) >= 11 is 0. The Balaban J connectivity index is 3.54. The Bertz CT molecular complexity index is 410. The normalized spacial score (nSPS) is 11.1. The second-order valence-corrected chi connectivity index (χ2v) is 4.47. The maximum absolute atomic E-state index is 11.3. The van der Waals surface area contributed by atoms with Gasteiger partial charge in [-0.3, -0.25) is 4.79 Å². The van der Waals surface area contributed by atoms with E-state index in [1.165, 1.54) is 14.2 Å². The highest BCUT2D eigenvalue weighted by Crippen LogP contribution is 2.40. The Morgan fingerprint density at radius 2 is 1.59 bits per heavy atom. The molecule has 0 aliphatic heterocycles. The second kappa shape index (κ2) is 4.65. The van der Waals surface area contributed by atoms with Crippen molar-refractivity contribution in [3.63, 3.8) is 0 Å². The lowest BCUT2D eigenvalue weighted by atomic mass is 9.83. The van der Waals surface area contributed by atoms with Gasteiger partial charge < -0.3 is 14.6 Å². The van der Waals surface area contributed by atoms with Gasteiger partial charge in [-0.15, -0.1) is 0 Å². The van der Waals surface area contributed by atoms with Crippen LogP contribution in [-0.4, -0.2) is 25.3 Å². The van der Waals surface area contributed by atoms with E-state index >= 15 is 0 Å². The first-order chi connectivity index (χ1) is 7.84. The number of rotatable bonds is 4. The number of hydrogen-bond acceptors (Lipinski definition) is 3. The zero-order valence-electron chi connectivity index (χ0n) is 10.8. The van der Waals surface area contributed by atoms with Crippen molar-refractivity contribution < 1.29 is 19.4 Å². The average Bonchev–Trinajstić information content (AvgIpc) is 2.26. The van der Waals surface area contributed by atoms with Crippen molar-refractivity contribution in [3.05, 3.63) is 23.3 Å². The molecule has 1 aromatic carbocycles. The van der Waals surface area contributed by atoms with Crippen LogP contribution < -0.4 is 9.47 Å². The van der Waals surface area contributed by atoms with Gasteiger partial charge in [-0.25, -0.2) is 0 Å². The van der Waals surface area contributed by atoms with E-state index in [0.717, 1.165) is 5.56 Å². The SMILES string of the molecule is COc1cc(C)cc(OC)c1C(C)(C)C(=O)O. The van der Waals surface area contributed by atoms with Crippen molar-refractivity contribution in [2.45, 2.75) is 26.2 Å². The highest BCUT2D eigenvalue weighted by Gasteiger charge is 2.35. The molecule has 0 aliphatic rings. The van der Waals surface area contributed by atoms with E-state index in [4.69, 9.17) is 9.47 Å². The Morgan fingerprint density at radius 1 is 1.18 bits per heavy atom. The Kier molecular flexibility index (Phi) is 3.66. The minimum atomic E-state index is -1.07. The fourth-order valence-corrected chi connectivity index (χ4v) is 1.77. The van der Waals surface area contributed by atoms with Crippen molar-refractivity contribution in [1.29, 1.82) is 0 Å². The molecule has 17 heavy (non-hydrogen) atoms. The molecule has 0 saturated heterocycles. The summed E-state index contributed by atoms with van der Waals surface area (Å²) in [5.74, 6) is 0.154. The number of benzene rings is 1. The van der Waals surface area contributed by atoms with Gasteiger partial charge in [-0.2, -0.15) is 0 Å². The van der Waals surface area contributed by atoms with Crippen LogP contribution in [0.5, 0.6) is 11.5 Å². The van der Waals surface area contributed by atoms with E-state index in [0.29, 0.717) is 17.1 Å². The molecular weight excluding hydrogens is 220 g/mol. The van der Waals surface area contributed by atoms with E-state index in [-0.39, 0.29) is 0 Å². The molecular formula is C13H18O4. The lowest BCUT2D eigenvalue weighted by Crippen LogP contribution is -2.29. The number of aliphatic carboxylic acids is 1. The summed E-state index contributed by atoms with van der Waals surface area (Å²) in [5, 5.41) is 9.29. The minimum Gasteiger partial charge on any atom is -0.496 e. The molecule has 0 fully saturated rings. The molecule has 1 N–H and O–H groups in total. The third-order valence-corrected chi connectivity index (χ3v) is 2.81. The molecule has 4 heteroatoms. The maximum Gasteiger partial charge on any atom is 0.313 e. The van der Waals surface area contributed by atoms with Gasteiger partial charge >= 0.3 is 5.97 Å². The van der Waals surface area contributed by atoms with Gasteiger partial charge in [-0.05, 0) is 38.5 Å². The molecule has 94 valence electrons. The first kappa shape index (κ1) is 13.4. The fourth-order valence-electron chi connectivity index (χ4n) is 1.77. The largest absolute Gasteiger partial charge is 0.496 e. The topological polar surface area (TPSA) is 55.8 Å². The van der Waals surface area contributed by atoms with Crippen LogP contribution in [0.15, 0.2) is 12.1 Å². The zero-order chi connectivity index (χ0) is 13.2. The minimum absolute atomic E-state index is 0.536. The molecule has 0 bridgehead atoms. The molecule has 0 unspecified atom stereocenters. The van der Waals surface area contributed by atoms with E-state index in [9.17, 15) is 9.90 Å². The van der Waals surface area contributed by atoms with E-state index in [2.05, 4.69) is 0 Å². The lowest BCUT2D eigenvalue weighted by molar-refractivity contribution is -0.142. The summed E-state index contributed by atoms with van der Waals surface area (Å²) in [4.78, 5) is 11.3. The summed E-state index contributed by atoms with van der Waals surface area (Å²) < 4.78 is 10.5. The van der Waals surface area contributed by atoms with Gasteiger partial charge in [0.05, 0.1) is 25.2 Å². The molecule has 1 rings (SSSR count). The van der Waals surface area contributed by atoms with Crippen molar-refractivity contribution in [1.82, 2.24) is 0 Å². The molecule has 1 aromatic rings. The summed E-state index contributed by atoms with van der Waals surface area (Å²) in [5.41, 5.74) is 0.453. The van der Waals surface area contributed by atoms with E-state index < -0.39 is 11.4 Å². The van der Waals surface area contributed by atoms with Crippen LogP contribution in [0, 0.1) is 6.92 Å². The monoisotopic (exact) mass is 238 g/mol. The number of carbonyl (C=O) groups is 1. The van der Waals surface area contributed by atoms with Crippen LogP contribution in [0.2, 0.25) is 0 Å². The van der Waals surface area contributed by atoms with Gasteiger partial charge in [0.15, 0.2) is 0 Å². The quantitative estimate of drug-likeness (QED) is 0.875. The second-order valence-electron chi connectivity index (χ2n) is 4.47. The Labute approximate surface area is 101 Å². The van der Waals surface area contributed by atoms with Gasteiger partial charge in [0, 0.05) is 0 Å². The predicted molar refractivity (Wildman–Crippen MR) is 64.9 cm³/mol. The molecule has 0 spiro atoms. The number of carboxylic acid groups (broad SMARTS) is 1. The fraction of sp³-hybridized carbons (Fsp3) is 0.462. The number of hydrogen-bond donors (Lipinski definition) is 1. The van der Waals surface area contributed by atoms with E-state index in [1.54, 1.807) is 13.8 Å². The standard InChI is InChI=1S/C13H18O4/c1-8-6-9(16-4)11(10(7-8)17-5)13(2,3)12(14)15/h6-7H,1-5H3,(H,14,15). The number of ether oxygens (including phenoxy) is 2. The maximum atomic E-state index is 11.3. The summed E-state index contributed by atoms with van der Waals surface area (Å²) in [6, 6.07) is 3.62. The van der Waals surface area contributed by atoms with Gasteiger partial charge in [0.25, 0.3) is 0 Å².